The van der Waals surface area contributed by atoms with Crippen molar-refractivity contribution in [2.75, 3.05) is 5.32 Å². The number of hydrogen-bond donors (Lipinski definition) is 1. The van der Waals surface area contributed by atoms with E-state index in [0.717, 1.165) is 11.1 Å². The minimum atomic E-state index is -0.242. The predicted octanol–water partition coefficient (Wildman–Crippen LogP) is 4.94. The number of amides is 1. The largest absolute Gasteiger partial charge is 0.490 e. The van der Waals surface area contributed by atoms with Crippen LogP contribution in [0.4, 0.5) is 5.69 Å². The molecule has 0 aliphatic heterocycles. The van der Waals surface area contributed by atoms with Gasteiger partial charge in [-0.05, 0) is 61.0 Å². The zero-order chi connectivity index (χ0) is 17.3. The lowest BCUT2D eigenvalue weighted by atomic mass is 10.1. The summed E-state index contributed by atoms with van der Waals surface area (Å²) in [5.41, 5.74) is 2.48. The van der Waals surface area contributed by atoms with Crippen molar-refractivity contribution in [2.24, 2.45) is 0 Å². The highest BCUT2D eigenvalue weighted by atomic mass is 79.9. The number of carbonyl (C=O) groups excluding carboxylic acids is 1. The zero-order valence-electron chi connectivity index (χ0n) is 13.6. The van der Waals surface area contributed by atoms with Gasteiger partial charge in [0.05, 0.1) is 22.9 Å². The number of fused-ring (bicyclic) bond motifs is 1. The molecule has 3 rings (SSSR count). The third-order valence-corrected chi connectivity index (χ3v) is 3.84. The first-order valence-electron chi connectivity index (χ1n) is 7.57. The number of ether oxygens (including phenoxy) is 1. The Hall–Kier alpha value is -2.34. The number of nitrogens with zero attached hydrogens (tertiary/aromatic N) is 1. The molecule has 0 saturated heterocycles. The van der Waals surface area contributed by atoms with Gasteiger partial charge in [0, 0.05) is 17.8 Å². The number of aromatic nitrogens is 1. The number of carbonyl (C=O) groups is 1. The molecule has 124 valence electrons. The minimum Gasteiger partial charge on any atom is -0.490 e. The Morgan fingerprint density at radius 2 is 2.12 bits per heavy atom. The van der Waals surface area contributed by atoms with Crippen molar-refractivity contribution in [1.29, 1.82) is 0 Å². The number of pyridine rings is 1. The zero-order valence-corrected chi connectivity index (χ0v) is 15.2. The van der Waals surface area contributed by atoms with Gasteiger partial charge in [-0.1, -0.05) is 0 Å². The Labute approximate surface area is 148 Å². The molecule has 24 heavy (non-hydrogen) atoms. The van der Waals surface area contributed by atoms with Crippen LogP contribution < -0.4 is 10.1 Å². The van der Waals surface area contributed by atoms with E-state index >= 15 is 0 Å². The fraction of sp³-hybridized carbons (Fsp3) is 0.222. The lowest BCUT2D eigenvalue weighted by Crippen LogP contribution is -2.14. The van der Waals surface area contributed by atoms with Crippen LogP contribution in [-0.2, 0) is 0 Å². The van der Waals surface area contributed by atoms with E-state index < -0.39 is 0 Å². The van der Waals surface area contributed by atoms with E-state index in [-0.39, 0.29) is 12.0 Å². The highest BCUT2D eigenvalue weighted by molar-refractivity contribution is 9.10. The average Bonchev–Trinajstić information content (AvgIpc) is 2.89. The summed E-state index contributed by atoms with van der Waals surface area (Å²) in [6.45, 7) is 5.72. The highest BCUT2D eigenvalue weighted by Gasteiger charge is 2.16. The van der Waals surface area contributed by atoms with Gasteiger partial charge in [0.2, 0.25) is 0 Å². The summed E-state index contributed by atoms with van der Waals surface area (Å²) in [6, 6.07) is 8.86. The van der Waals surface area contributed by atoms with Crippen LogP contribution >= 0.6 is 15.9 Å². The maximum absolute atomic E-state index is 12.6. The summed E-state index contributed by atoms with van der Waals surface area (Å²) in [7, 11) is 0. The van der Waals surface area contributed by atoms with Gasteiger partial charge in [-0.3, -0.25) is 9.78 Å². The third kappa shape index (κ3) is 3.43. The highest BCUT2D eigenvalue weighted by Crippen LogP contribution is 2.33. The number of nitrogens with one attached hydrogen (secondary N) is 1. The van der Waals surface area contributed by atoms with E-state index in [1.54, 1.807) is 24.4 Å². The molecule has 0 aliphatic rings. The lowest BCUT2D eigenvalue weighted by molar-refractivity contribution is 0.102. The van der Waals surface area contributed by atoms with Gasteiger partial charge in [-0.25, -0.2) is 0 Å². The van der Waals surface area contributed by atoms with Crippen LogP contribution in [0, 0.1) is 6.92 Å². The summed E-state index contributed by atoms with van der Waals surface area (Å²) < 4.78 is 12.0. The van der Waals surface area contributed by atoms with Gasteiger partial charge in [0.25, 0.3) is 5.91 Å². The smallest absolute Gasteiger partial charge is 0.255 e. The predicted molar refractivity (Wildman–Crippen MR) is 96.6 cm³/mol. The fourth-order valence-electron chi connectivity index (χ4n) is 2.37. The second-order valence-corrected chi connectivity index (χ2v) is 6.48. The Balaban J connectivity index is 1.99. The van der Waals surface area contributed by atoms with Crippen LogP contribution in [0.15, 0.2) is 45.6 Å². The number of furan rings is 1. The van der Waals surface area contributed by atoms with Crippen molar-refractivity contribution < 1.29 is 13.9 Å². The maximum Gasteiger partial charge on any atom is 0.255 e. The lowest BCUT2D eigenvalue weighted by Gasteiger charge is -2.12. The topological polar surface area (TPSA) is 64.4 Å². The third-order valence-electron chi connectivity index (χ3n) is 3.45. The van der Waals surface area contributed by atoms with Crippen molar-refractivity contribution >= 4 is 38.5 Å². The number of aryl methyl sites for hydroxylation is 1. The van der Waals surface area contributed by atoms with Crippen LogP contribution in [0.1, 0.15) is 29.9 Å². The molecule has 0 fully saturated rings. The second-order valence-electron chi connectivity index (χ2n) is 5.69. The molecule has 0 atom stereocenters. The standard InChI is InChI=1S/C18H17BrN2O3/c1-10(2)23-15-7-12(8-16-13(15)9-17(19)24-16)18(22)21-14-5-4-6-20-11(14)3/h4-10H,1-3H3,(H,21,22). The van der Waals surface area contributed by atoms with E-state index in [4.69, 9.17) is 9.15 Å². The molecule has 1 N–H and O–H groups in total. The molecule has 0 unspecified atom stereocenters. The molecule has 2 aromatic heterocycles. The molecule has 1 aromatic carbocycles. The van der Waals surface area contributed by atoms with Gasteiger partial charge >= 0.3 is 0 Å². The van der Waals surface area contributed by atoms with Crippen molar-refractivity contribution in [2.45, 2.75) is 26.9 Å². The molecule has 3 aromatic rings. The van der Waals surface area contributed by atoms with Crippen molar-refractivity contribution in [3.8, 4) is 5.75 Å². The number of hydrogen-bond acceptors (Lipinski definition) is 4. The van der Waals surface area contributed by atoms with Crippen LogP contribution in [0.3, 0.4) is 0 Å². The van der Waals surface area contributed by atoms with Gasteiger partial charge < -0.3 is 14.5 Å². The number of anilines is 1. The number of rotatable bonds is 4. The summed E-state index contributed by atoms with van der Waals surface area (Å²) in [5.74, 6) is 0.374. The van der Waals surface area contributed by atoms with E-state index in [1.165, 1.54) is 0 Å². The summed E-state index contributed by atoms with van der Waals surface area (Å²) in [4.78, 5) is 16.8. The van der Waals surface area contributed by atoms with Gasteiger partial charge in [0.1, 0.15) is 11.3 Å². The van der Waals surface area contributed by atoms with E-state index in [1.807, 2.05) is 32.9 Å². The van der Waals surface area contributed by atoms with E-state index in [9.17, 15) is 4.79 Å². The van der Waals surface area contributed by atoms with Crippen LogP contribution in [-0.4, -0.2) is 17.0 Å². The maximum atomic E-state index is 12.6. The Morgan fingerprint density at radius 3 is 2.83 bits per heavy atom. The molecule has 6 heteroatoms. The molecule has 0 radical (unpaired) electrons. The SMILES string of the molecule is Cc1ncccc1NC(=O)c1cc(OC(C)C)c2cc(Br)oc2c1. The second kappa shape index (κ2) is 6.65. The first-order chi connectivity index (χ1) is 11.4. The monoisotopic (exact) mass is 388 g/mol. The molecule has 5 nitrogen and oxygen atoms in total. The van der Waals surface area contributed by atoms with Crippen LogP contribution in [0.25, 0.3) is 11.0 Å². The molecular weight excluding hydrogens is 372 g/mol. The van der Waals surface area contributed by atoms with E-state index in [2.05, 4.69) is 26.2 Å². The van der Waals surface area contributed by atoms with Crippen molar-refractivity contribution in [3.63, 3.8) is 0 Å². The number of benzene rings is 1. The first-order valence-corrected chi connectivity index (χ1v) is 8.36. The van der Waals surface area contributed by atoms with Crippen LogP contribution in [0.2, 0.25) is 0 Å². The Morgan fingerprint density at radius 1 is 1.33 bits per heavy atom. The minimum absolute atomic E-state index is 0.0132. The Kier molecular flexibility index (Phi) is 4.57. The molecule has 0 spiro atoms. The van der Waals surface area contributed by atoms with Gasteiger partial charge in [-0.15, -0.1) is 0 Å². The molecule has 2 heterocycles. The quantitative estimate of drug-likeness (QED) is 0.687. The van der Waals surface area contributed by atoms with E-state index in [0.29, 0.717) is 27.3 Å². The molecule has 1 amide bonds. The normalized spacial score (nSPS) is 11.0. The molecule has 0 bridgehead atoms. The van der Waals surface area contributed by atoms with Gasteiger partial charge in [-0.2, -0.15) is 0 Å². The summed E-state index contributed by atoms with van der Waals surface area (Å²) >= 11 is 3.32. The Bertz CT molecular complexity index is 902. The first kappa shape index (κ1) is 16.5. The fourth-order valence-corrected chi connectivity index (χ4v) is 2.77. The number of halogens is 1. The van der Waals surface area contributed by atoms with Gasteiger partial charge in [0.15, 0.2) is 4.67 Å². The average molecular weight is 389 g/mol. The van der Waals surface area contributed by atoms with Crippen molar-refractivity contribution in [3.05, 3.63) is 52.5 Å². The summed E-state index contributed by atoms with van der Waals surface area (Å²) in [5, 5.41) is 3.69. The van der Waals surface area contributed by atoms with Crippen molar-refractivity contribution in [1.82, 2.24) is 4.98 Å². The van der Waals surface area contributed by atoms with Crippen LogP contribution in [0.5, 0.6) is 5.75 Å². The molecular formula is C18H17BrN2O3. The molecule has 0 aliphatic carbocycles. The summed E-state index contributed by atoms with van der Waals surface area (Å²) in [6.07, 6.45) is 1.67. The molecule has 0 saturated carbocycles.